The van der Waals surface area contributed by atoms with E-state index in [0.29, 0.717) is 53.3 Å². The van der Waals surface area contributed by atoms with Crippen LogP contribution in [-0.4, -0.2) is 0 Å². The molecule has 0 saturated carbocycles. The first-order chi connectivity index (χ1) is 21.6. The normalized spacial score (nSPS) is 11.9. The first kappa shape index (κ1) is 43.0. The van der Waals surface area contributed by atoms with Crippen molar-refractivity contribution >= 4 is 11.6 Å². The molecule has 1 heteroatoms. The molecule has 0 radical (unpaired) electrons. The molecule has 264 valence electrons. The van der Waals surface area contributed by atoms with Gasteiger partial charge in [-0.2, -0.15) is 0 Å². The second-order valence-electron chi connectivity index (χ2n) is 16.6. The van der Waals surface area contributed by atoms with Crippen molar-refractivity contribution < 1.29 is 0 Å². The number of hydrogen-bond acceptors (Lipinski definition) is 0. The van der Waals surface area contributed by atoms with Gasteiger partial charge in [0, 0.05) is 5.02 Å². The summed E-state index contributed by atoms with van der Waals surface area (Å²) >= 11 is 6.21. The highest BCUT2D eigenvalue weighted by atomic mass is 35.5. The van der Waals surface area contributed by atoms with Crippen LogP contribution < -0.4 is 0 Å². The van der Waals surface area contributed by atoms with Crippen LogP contribution in [0.1, 0.15) is 234 Å². The summed E-state index contributed by atoms with van der Waals surface area (Å²) in [5.41, 5.74) is 15.0. The molecule has 0 atom stereocenters. The highest BCUT2D eigenvalue weighted by molar-refractivity contribution is 6.30. The first-order valence-corrected chi connectivity index (χ1v) is 19.1. The van der Waals surface area contributed by atoms with E-state index in [-0.39, 0.29) is 0 Å². The maximum atomic E-state index is 6.21. The van der Waals surface area contributed by atoms with Gasteiger partial charge in [0.15, 0.2) is 0 Å². The summed E-state index contributed by atoms with van der Waals surface area (Å²) in [6.45, 7) is 43.2. The Morgan fingerprint density at radius 2 is 0.574 bits per heavy atom. The zero-order valence-corrected chi connectivity index (χ0v) is 34.9. The lowest BCUT2D eigenvalue weighted by Crippen LogP contribution is -2.06. The van der Waals surface area contributed by atoms with Crippen LogP contribution >= 0.6 is 11.6 Å². The maximum absolute atomic E-state index is 6.21. The van der Waals surface area contributed by atoms with E-state index in [2.05, 4.69) is 174 Å². The van der Waals surface area contributed by atoms with Crippen molar-refractivity contribution in [2.24, 2.45) is 0 Å². The van der Waals surface area contributed by atoms with Crippen molar-refractivity contribution in [1.29, 1.82) is 0 Å². The van der Waals surface area contributed by atoms with Crippen molar-refractivity contribution in [3.63, 3.8) is 0 Å². The molecule has 0 spiro atoms. The molecular weight excluding hydrogens is 588 g/mol. The van der Waals surface area contributed by atoms with Crippen molar-refractivity contribution in [3.8, 4) is 0 Å². The van der Waals surface area contributed by atoms with Gasteiger partial charge in [-0.05, 0) is 122 Å². The summed E-state index contributed by atoms with van der Waals surface area (Å²) in [6, 6.07) is 15.8. The molecule has 0 heterocycles. The second kappa shape index (κ2) is 19.2. The fraction of sp³-hybridized carbons (Fsp3) is 0.609. The van der Waals surface area contributed by atoms with Gasteiger partial charge in [-0.25, -0.2) is 0 Å². The molecule has 0 bridgehead atoms. The lowest BCUT2D eigenvalue weighted by Gasteiger charge is -2.23. The van der Waals surface area contributed by atoms with Gasteiger partial charge in [-0.1, -0.05) is 172 Å². The molecule has 0 saturated heterocycles. The third-order valence-electron chi connectivity index (χ3n) is 9.23. The topological polar surface area (TPSA) is 0 Å². The van der Waals surface area contributed by atoms with E-state index in [9.17, 15) is 0 Å². The van der Waals surface area contributed by atoms with Gasteiger partial charge in [0.2, 0.25) is 0 Å². The molecule has 0 aromatic heterocycles. The number of aryl methyl sites for hydroxylation is 1. The van der Waals surface area contributed by atoms with E-state index in [1.807, 2.05) is 0 Å². The highest BCUT2D eigenvalue weighted by Crippen LogP contribution is 2.37. The third kappa shape index (κ3) is 12.1. The highest BCUT2D eigenvalue weighted by Gasteiger charge is 2.19. The SMILES string of the molecule is CC(C)c1cc(Cl)cc(C(C)C)c1C(C)C.CC(C)c1cccc(C(C)C)c1C(C)C.Cc1cc(C(C)C)c(C(C)C)c(C(C)C)c1. The molecular formula is C46H73Cl. The van der Waals surface area contributed by atoms with Gasteiger partial charge in [-0.3, -0.25) is 0 Å². The lowest BCUT2D eigenvalue weighted by atomic mass is 9.82. The van der Waals surface area contributed by atoms with Gasteiger partial charge in [-0.15, -0.1) is 0 Å². The summed E-state index contributed by atoms with van der Waals surface area (Å²) < 4.78 is 0. The standard InChI is InChI=1S/C16H26.C15H23Cl.C15H24/c1-10(2)14-8-13(7)9-15(11(3)4)16(14)12(5)6;1-9(2)13-7-12(16)8-14(10(3)4)15(13)11(5)6;1-10(2)13-8-7-9-14(11(3)4)15(13)12(5)6/h8-12H,1-7H3;7-11H,1-6H3;7-12H,1-6H3. The number of rotatable bonds is 9. The Hall–Kier alpha value is -2.05. The fourth-order valence-corrected chi connectivity index (χ4v) is 7.27. The molecule has 0 aliphatic rings. The molecule has 3 aromatic carbocycles. The Labute approximate surface area is 298 Å². The quantitative estimate of drug-likeness (QED) is 0.214. The van der Waals surface area contributed by atoms with Gasteiger partial charge in [0.25, 0.3) is 0 Å². The Balaban J connectivity index is 0.000000353. The van der Waals surface area contributed by atoms with Crippen LogP contribution in [0, 0.1) is 6.92 Å². The molecule has 47 heavy (non-hydrogen) atoms. The van der Waals surface area contributed by atoms with Gasteiger partial charge in [0.1, 0.15) is 0 Å². The lowest BCUT2D eigenvalue weighted by molar-refractivity contribution is 0.746. The molecule has 0 N–H and O–H groups in total. The van der Waals surface area contributed by atoms with E-state index in [1.54, 1.807) is 22.3 Å². The number of hydrogen-bond donors (Lipinski definition) is 0. The fourth-order valence-electron chi connectivity index (χ4n) is 7.03. The van der Waals surface area contributed by atoms with Gasteiger partial charge < -0.3 is 0 Å². The summed E-state index contributed by atoms with van der Waals surface area (Å²) in [5.74, 6) is 5.37. The summed E-state index contributed by atoms with van der Waals surface area (Å²) in [5, 5.41) is 0.872. The van der Waals surface area contributed by atoms with Crippen LogP contribution in [-0.2, 0) is 0 Å². The van der Waals surface area contributed by atoms with Crippen LogP contribution in [0.4, 0.5) is 0 Å². The van der Waals surface area contributed by atoms with Crippen molar-refractivity contribution in [2.75, 3.05) is 0 Å². The molecule has 0 aliphatic heterocycles. The van der Waals surface area contributed by atoms with Crippen LogP contribution in [0.3, 0.4) is 0 Å². The summed E-state index contributed by atoms with van der Waals surface area (Å²) in [6.07, 6.45) is 0. The van der Waals surface area contributed by atoms with Crippen molar-refractivity contribution in [3.05, 3.63) is 103 Å². The summed E-state index contributed by atoms with van der Waals surface area (Å²) in [7, 11) is 0. The maximum Gasteiger partial charge on any atom is 0.0411 e. The Bertz CT molecular complexity index is 1220. The van der Waals surface area contributed by atoms with E-state index >= 15 is 0 Å². The largest absolute Gasteiger partial charge is 0.0843 e. The van der Waals surface area contributed by atoms with Crippen molar-refractivity contribution in [2.45, 2.75) is 185 Å². The minimum atomic E-state index is 0.536. The van der Waals surface area contributed by atoms with Gasteiger partial charge in [0.05, 0.1) is 0 Å². The number of benzene rings is 3. The zero-order chi connectivity index (χ0) is 36.5. The average Bonchev–Trinajstić information content (AvgIpc) is 2.95. The molecule has 0 unspecified atom stereocenters. The first-order valence-electron chi connectivity index (χ1n) is 18.7. The summed E-state index contributed by atoms with van der Waals surface area (Å²) in [4.78, 5) is 0. The van der Waals surface area contributed by atoms with E-state index in [1.165, 1.54) is 33.4 Å². The molecule has 0 aliphatic carbocycles. The molecule has 0 fully saturated rings. The molecule has 0 amide bonds. The van der Waals surface area contributed by atoms with E-state index in [4.69, 9.17) is 11.6 Å². The minimum Gasteiger partial charge on any atom is -0.0843 e. The average molecular weight is 662 g/mol. The predicted molar refractivity (Wildman–Crippen MR) is 216 cm³/mol. The van der Waals surface area contributed by atoms with E-state index in [0.717, 1.165) is 5.02 Å². The van der Waals surface area contributed by atoms with E-state index < -0.39 is 0 Å². The Kier molecular flexibility index (Phi) is 17.6. The molecule has 3 aromatic rings. The van der Waals surface area contributed by atoms with Crippen LogP contribution in [0.25, 0.3) is 0 Å². The van der Waals surface area contributed by atoms with Gasteiger partial charge >= 0.3 is 0 Å². The minimum absolute atomic E-state index is 0.536. The number of halogens is 1. The molecule has 0 nitrogen and oxygen atoms in total. The Morgan fingerprint density at radius 1 is 0.340 bits per heavy atom. The van der Waals surface area contributed by atoms with Crippen LogP contribution in [0.2, 0.25) is 5.02 Å². The van der Waals surface area contributed by atoms with Crippen LogP contribution in [0.5, 0.6) is 0 Å². The Morgan fingerprint density at radius 3 is 0.809 bits per heavy atom. The zero-order valence-electron chi connectivity index (χ0n) is 34.1. The third-order valence-corrected chi connectivity index (χ3v) is 9.45. The second-order valence-corrected chi connectivity index (χ2v) is 17.0. The van der Waals surface area contributed by atoms with Crippen molar-refractivity contribution in [1.82, 2.24) is 0 Å². The predicted octanol–water partition coefficient (Wildman–Crippen LogP) is 16.1. The van der Waals surface area contributed by atoms with Crippen LogP contribution in [0.15, 0.2) is 42.5 Å². The molecule has 3 rings (SSSR count). The smallest absolute Gasteiger partial charge is 0.0411 e. The monoisotopic (exact) mass is 661 g/mol.